The number of primary sulfonamides is 1. The minimum Gasteiger partial charge on any atom is -0.350 e. The smallest absolute Gasteiger partial charge is 0.251 e. The van der Waals surface area contributed by atoms with E-state index < -0.39 is 16.1 Å². The zero-order valence-electron chi connectivity index (χ0n) is 15.4. The van der Waals surface area contributed by atoms with E-state index in [1.807, 2.05) is 12.3 Å². The number of carbonyl (C=O) groups excluding carboxylic acids is 2. The van der Waals surface area contributed by atoms with Crippen LogP contribution in [-0.4, -0.2) is 38.3 Å². The van der Waals surface area contributed by atoms with Gasteiger partial charge in [-0.1, -0.05) is 30.3 Å². The molecule has 0 radical (unpaired) electrons. The zero-order chi connectivity index (χ0) is 20.6. The van der Waals surface area contributed by atoms with Crippen LogP contribution in [0.3, 0.4) is 0 Å². The van der Waals surface area contributed by atoms with E-state index in [2.05, 4.69) is 10.6 Å². The molecular weight excluding hydrogens is 398 g/mol. The van der Waals surface area contributed by atoms with Gasteiger partial charge in [0, 0.05) is 12.1 Å². The SMILES string of the molecule is CSCC[C@H](NC(=O)c1ccccc1)C(=O)NCc1ccc(S(N)(=O)=O)cc1. The Morgan fingerprint density at radius 3 is 2.29 bits per heavy atom. The summed E-state index contributed by atoms with van der Waals surface area (Å²) in [6.45, 7) is 0.209. The second-order valence-corrected chi connectivity index (χ2v) is 8.63. The van der Waals surface area contributed by atoms with Crippen molar-refractivity contribution >= 4 is 33.6 Å². The monoisotopic (exact) mass is 421 g/mol. The number of sulfonamides is 1. The van der Waals surface area contributed by atoms with Crippen LogP contribution in [0.25, 0.3) is 0 Å². The van der Waals surface area contributed by atoms with E-state index in [0.717, 1.165) is 11.3 Å². The number of carbonyl (C=O) groups is 2. The third-order valence-corrected chi connectivity index (χ3v) is 5.56. The van der Waals surface area contributed by atoms with Gasteiger partial charge < -0.3 is 10.6 Å². The minimum atomic E-state index is -3.75. The Morgan fingerprint density at radius 2 is 1.71 bits per heavy atom. The van der Waals surface area contributed by atoms with Crippen LogP contribution in [0.1, 0.15) is 22.3 Å². The van der Waals surface area contributed by atoms with Gasteiger partial charge in [0.25, 0.3) is 5.91 Å². The Morgan fingerprint density at radius 1 is 1.07 bits per heavy atom. The molecule has 2 aromatic rings. The van der Waals surface area contributed by atoms with E-state index in [1.54, 1.807) is 48.2 Å². The molecule has 9 heteroatoms. The Labute approximate surface area is 169 Å². The van der Waals surface area contributed by atoms with Crippen molar-refractivity contribution in [2.75, 3.05) is 12.0 Å². The molecule has 0 saturated heterocycles. The lowest BCUT2D eigenvalue weighted by molar-refractivity contribution is -0.123. The highest BCUT2D eigenvalue weighted by Crippen LogP contribution is 2.09. The lowest BCUT2D eigenvalue weighted by Gasteiger charge is -2.18. The fourth-order valence-corrected chi connectivity index (χ4v) is 3.43. The molecule has 2 rings (SSSR count). The van der Waals surface area contributed by atoms with E-state index in [9.17, 15) is 18.0 Å². The molecule has 150 valence electrons. The molecular formula is C19H23N3O4S2. The van der Waals surface area contributed by atoms with Crippen molar-refractivity contribution in [3.8, 4) is 0 Å². The molecule has 0 bridgehead atoms. The number of thioether (sulfide) groups is 1. The van der Waals surface area contributed by atoms with Gasteiger partial charge in [0.2, 0.25) is 15.9 Å². The number of rotatable bonds is 9. The maximum atomic E-state index is 12.6. The van der Waals surface area contributed by atoms with Crippen LogP contribution in [0.2, 0.25) is 0 Å². The van der Waals surface area contributed by atoms with Gasteiger partial charge in [-0.3, -0.25) is 9.59 Å². The maximum absolute atomic E-state index is 12.6. The van der Waals surface area contributed by atoms with Gasteiger partial charge in [-0.15, -0.1) is 0 Å². The lowest BCUT2D eigenvalue weighted by atomic mass is 10.1. The Balaban J connectivity index is 1.99. The average molecular weight is 422 g/mol. The van der Waals surface area contributed by atoms with E-state index in [0.29, 0.717) is 12.0 Å². The highest BCUT2D eigenvalue weighted by Gasteiger charge is 2.21. The first-order chi connectivity index (χ1) is 13.3. The maximum Gasteiger partial charge on any atom is 0.251 e. The second-order valence-electron chi connectivity index (χ2n) is 6.08. The van der Waals surface area contributed by atoms with Crippen LogP contribution in [0.5, 0.6) is 0 Å². The van der Waals surface area contributed by atoms with Crippen molar-refractivity contribution in [2.45, 2.75) is 23.9 Å². The van der Waals surface area contributed by atoms with Gasteiger partial charge in [-0.05, 0) is 48.3 Å². The first-order valence-corrected chi connectivity index (χ1v) is 11.5. The van der Waals surface area contributed by atoms with Gasteiger partial charge >= 0.3 is 0 Å². The molecule has 7 nitrogen and oxygen atoms in total. The minimum absolute atomic E-state index is 0.00977. The highest BCUT2D eigenvalue weighted by atomic mass is 32.2. The predicted molar refractivity (Wildman–Crippen MR) is 110 cm³/mol. The second kappa shape index (κ2) is 10.3. The molecule has 0 unspecified atom stereocenters. The third kappa shape index (κ3) is 6.66. The van der Waals surface area contributed by atoms with Crippen molar-refractivity contribution in [2.24, 2.45) is 5.14 Å². The number of hydrogen-bond acceptors (Lipinski definition) is 5. The van der Waals surface area contributed by atoms with Crippen molar-refractivity contribution < 1.29 is 18.0 Å². The average Bonchev–Trinajstić information content (AvgIpc) is 2.69. The summed E-state index contributed by atoms with van der Waals surface area (Å²) in [5.74, 6) is 0.115. The molecule has 0 aliphatic carbocycles. The number of hydrogen-bond donors (Lipinski definition) is 3. The van der Waals surface area contributed by atoms with Crippen LogP contribution in [0.15, 0.2) is 59.5 Å². The third-order valence-electron chi connectivity index (χ3n) is 3.99. The largest absolute Gasteiger partial charge is 0.350 e. The van der Waals surface area contributed by atoms with Crippen LogP contribution in [0, 0.1) is 0 Å². The standard InChI is InChI=1S/C19H23N3O4S2/c1-27-12-11-17(22-18(23)15-5-3-2-4-6-15)19(24)21-13-14-7-9-16(10-8-14)28(20,25)26/h2-10,17H,11-13H2,1H3,(H,21,24)(H,22,23)(H2,20,25,26)/t17-/m0/s1. The molecule has 0 aliphatic heterocycles. The molecule has 4 N–H and O–H groups in total. The van der Waals surface area contributed by atoms with E-state index in [4.69, 9.17) is 5.14 Å². The zero-order valence-corrected chi connectivity index (χ0v) is 17.1. The van der Waals surface area contributed by atoms with Gasteiger partial charge in [-0.25, -0.2) is 13.6 Å². The Kier molecular flexibility index (Phi) is 8.04. The van der Waals surface area contributed by atoms with E-state index in [1.165, 1.54) is 12.1 Å². The molecule has 0 fully saturated rings. The quantitative estimate of drug-likeness (QED) is 0.567. The molecule has 1 atom stereocenters. The Hall–Kier alpha value is -2.36. The van der Waals surface area contributed by atoms with E-state index >= 15 is 0 Å². The van der Waals surface area contributed by atoms with Crippen LogP contribution in [0.4, 0.5) is 0 Å². The highest BCUT2D eigenvalue weighted by molar-refractivity contribution is 7.98. The van der Waals surface area contributed by atoms with Crippen molar-refractivity contribution in [3.63, 3.8) is 0 Å². The number of nitrogens with two attached hydrogens (primary N) is 1. The molecule has 2 amide bonds. The van der Waals surface area contributed by atoms with E-state index in [-0.39, 0.29) is 23.3 Å². The number of benzene rings is 2. The molecule has 0 saturated carbocycles. The Bertz CT molecular complexity index is 901. The summed E-state index contributed by atoms with van der Waals surface area (Å²) in [5, 5.41) is 10.6. The van der Waals surface area contributed by atoms with Crippen molar-refractivity contribution in [1.82, 2.24) is 10.6 Å². The van der Waals surface area contributed by atoms with Crippen LogP contribution in [-0.2, 0) is 21.4 Å². The number of amides is 2. The summed E-state index contributed by atoms with van der Waals surface area (Å²) >= 11 is 1.59. The molecule has 0 heterocycles. The van der Waals surface area contributed by atoms with Gasteiger partial charge in [-0.2, -0.15) is 11.8 Å². The summed E-state index contributed by atoms with van der Waals surface area (Å²) in [5.41, 5.74) is 1.21. The summed E-state index contributed by atoms with van der Waals surface area (Å²) in [4.78, 5) is 24.9. The van der Waals surface area contributed by atoms with Crippen LogP contribution < -0.4 is 15.8 Å². The molecule has 0 aromatic heterocycles. The molecule has 0 spiro atoms. The fourth-order valence-electron chi connectivity index (χ4n) is 2.44. The molecule has 2 aromatic carbocycles. The summed E-state index contributed by atoms with van der Waals surface area (Å²) in [6, 6.07) is 14.0. The normalized spacial score (nSPS) is 12.2. The van der Waals surface area contributed by atoms with Crippen molar-refractivity contribution in [3.05, 3.63) is 65.7 Å². The first kappa shape index (κ1) is 21.9. The summed E-state index contributed by atoms with van der Waals surface area (Å²) < 4.78 is 22.6. The lowest BCUT2D eigenvalue weighted by Crippen LogP contribution is -2.46. The van der Waals surface area contributed by atoms with Gasteiger partial charge in [0.15, 0.2) is 0 Å². The summed E-state index contributed by atoms with van der Waals surface area (Å²) in [7, 11) is -3.75. The summed E-state index contributed by atoms with van der Waals surface area (Å²) in [6.07, 6.45) is 2.43. The molecule has 28 heavy (non-hydrogen) atoms. The number of nitrogens with one attached hydrogen (secondary N) is 2. The van der Waals surface area contributed by atoms with Crippen LogP contribution >= 0.6 is 11.8 Å². The van der Waals surface area contributed by atoms with Gasteiger partial charge in [0.05, 0.1) is 4.90 Å². The van der Waals surface area contributed by atoms with Gasteiger partial charge in [0.1, 0.15) is 6.04 Å². The predicted octanol–water partition coefficient (Wildman–Crippen LogP) is 1.50. The molecule has 0 aliphatic rings. The fraction of sp³-hybridized carbons (Fsp3) is 0.263. The first-order valence-electron chi connectivity index (χ1n) is 8.55. The van der Waals surface area contributed by atoms with Crippen molar-refractivity contribution in [1.29, 1.82) is 0 Å². The topological polar surface area (TPSA) is 118 Å².